The van der Waals surface area contributed by atoms with Crippen LogP contribution in [0.15, 0.2) is 10.7 Å². The van der Waals surface area contributed by atoms with Crippen LogP contribution in [0, 0.1) is 6.92 Å². The van der Waals surface area contributed by atoms with E-state index in [1.54, 1.807) is 25.8 Å². The Morgan fingerprint density at radius 3 is 2.89 bits per heavy atom. The molecule has 2 aromatic heterocycles. The first-order valence-electron chi connectivity index (χ1n) is 5.43. The third-order valence-electron chi connectivity index (χ3n) is 2.74. The highest BCUT2D eigenvalue weighted by Gasteiger charge is 2.23. The molecule has 2 aromatic rings. The second-order valence-corrected chi connectivity index (χ2v) is 3.89. The molecule has 2 rings (SSSR count). The molecule has 0 unspecified atom stereocenters. The van der Waals surface area contributed by atoms with E-state index in [9.17, 15) is 4.79 Å². The zero-order valence-electron chi connectivity index (χ0n) is 10.7. The molecule has 0 spiro atoms. The summed E-state index contributed by atoms with van der Waals surface area (Å²) in [5.41, 5.74) is 0.940. The Labute approximate surface area is 104 Å². The fourth-order valence-corrected chi connectivity index (χ4v) is 1.62. The SMILES string of the molecule is COC(=O)[C@H](C)N(C)c1ncnc2oc(C)nc12. The van der Waals surface area contributed by atoms with Crippen LogP contribution in [0.2, 0.25) is 0 Å². The number of hydrogen-bond acceptors (Lipinski definition) is 7. The maximum atomic E-state index is 11.5. The van der Waals surface area contributed by atoms with Crippen molar-refractivity contribution in [3.63, 3.8) is 0 Å². The first kappa shape index (κ1) is 12.3. The molecular formula is C11H14N4O3. The van der Waals surface area contributed by atoms with Gasteiger partial charge in [0.05, 0.1) is 7.11 Å². The van der Waals surface area contributed by atoms with Gasteiger partial charge in [0.15, 0.2) is 17.2 Å². The molecular weight excluding hydrogens is 236 g/mol. The van der Waals surface area contributed by atoms with Crippen LogP contribution in [-0.2, 0) is 9.53 Å². The first-order valence-corrected chi connectivity index (χ1v) is 5.43. The van der Waals surface area contributed by atoms with E-state index in [0.717, 1.165) is 0 Å². The van der Waals surface area contributed by atoms with E-state index >= 15 is 0 Å². The third-order valence-corrected chi connectivity index (χ3v) is 2.74. The lowest BCUT2D eigenvalue weighted by molar-refractivity contribution is -0.141. The summed E-state index contributed by atoms with van der Waals surface area (Å²) >= 11 is 0. The molecule has 0 radical (unpaired) electrons. The number of likely N-dealkylation sites (N-methyl/N-ethyl adjacent to an activating group) is 1. The molecule has 7 nitrogen and oxygen atoms in total. The molecule has 96 valence electrons. The molecule has 0 aliphatic rings. The summed E-state index contributed by atoms with van der Waals surface area (Å²) in [7, 11) is 3.09. The van der Waals surface area contributed by atoms with Crippen LogP contribution < -0.4 is 4.90 Å². The highest BCUT2D eigenvalue weighted by Crippen LogP contribution is 2.23. The molecule has 1 atom stereocenters. The summed E-state index contributed by atoms with van der Waals surface area (Å²) < 4.78 is 10.0. The lowest BCUT2D eigenvalue weighted by Gasteiger charge is -2.23. The van der Waals surface area contributed by atoms with Crippen molar-refractivity contribution in [2.24, 2.45) is 0 Å². The smallest absolute Gasteiger partial charge is 0.328 e. The zero-order chi connectivity index (χ0) is 13.3. The number of aromatic nitrogens is 3. The largest absolute Gasteiger partial charge is 0.467 e. The van der Waals surface area contributed by atoms with Crippen molar-refractivity contribution in [2.75, 3.05) is 19.1 Å². The Bertz CT molecular complexity index is 581. The van der Waals surface area contributed by atoms with Crippen molar-refractivity contribution >= 4 is 23.0 Å². The zero-order valence-corrected chi connectivity index (χ0v) is 10.7. The Balaban J connectivity index is 2.44. The molecule has 0 amide bonds. The number of ether oxygens (including phenoxy) is 1. The van der Waals surface area contributed by atoms with Gasteiger partial charge >= 0.3 is 5.97 Å². The van der Waals surface area contributed by atoms with Crippen LogP contribution in [0.1, 0.15) is 12.8 Å². The van der Waals surface area contributed by atoms with Gasteiger partial charge in [-0.05, 0) is 6.92 Å². The van der Waals surface area contributed by atoms with Crippen LogP contribution in [0.3, 0.4) is 0 Å². The summed E-state index contributed by atoms with van der Waals surface area (Å²) in [5, 5.41) is 0. The number of hydrogen-bond donors (Lipinski definition) is 0. The quantitative estimate of drug-likeness (QED) is 0.749. The van der Waals surface area contributed by atoms with Gasteiger partial charge in [-0.3, -0.25) is 0 Å². The number of rotatable bonds is 3. The topological polar surface area (TPSA) is 81.4 Å². The molecule has 0 N–H and O–H groups in total. The van der Waals surface area contributed by atoms with Crippen LogP contribution in [0.4, 0.5) is 5.82 Å². The Morgan fingerprint density at radius 2 is 2.22 bits per heavy atom. The molecule has 0 aliphatic carbocycles. The van der Waals surface area contributed by atoms with E-state index in [-0.39, 0.29) is 5.97 Å². The van der Waals surface area contributed by atoms with Gasteiger partial charge in [-0.2, -0.15) is 4.98 Å². The minimum absolute atomic E-state index is 0.343. The Hall–Kier alpha value is -2.18. The van der Waals surface area contributed by atoms with E-state index in [4.69, 9.17) is 9.15 Å². The second kappa shape index (κ2) is 4.59. The fraction of sp³-hybridized carbons (Fsp3) is 0.455. The fourth-order valence-electron chi connectivity index (χ4n) is 1.62. The maximum absolute atomic E-state index is 11.5. The summed E-state index contributed by atoms with van der Waals surface area (Å²) in [6.07, 6.45) is 1.38. The van der Waals surface area contributed by atoms with Crippen molar-refractivity contribution in [3.05, 3.63) is 12.2 Å². The summed E-state index contributed by atoms with van der Waals surface area (Å²) in [6, 6.07) is -0.467. The van der Waals surface area contributed by atoms with Gasteiger partial charge in [0.25, 0.3) is 5.71 Å². The normalized spacial score (nSPS) is 12.4. The van der Waals surface area contributed by atoms with E-state index in [1.165, 1.54) is 13.4 Å². The minimum Gasteiger partial charge on any atom is -0.467 e. The Morgan fingerprint density at radius 1 is 1.50 bits per heavy atom. The van der Waals surface area contributed by atoms with E-state index in [1.807, 2.05) is 0 Å². The summed E-state index contributed by atoms with van der Waals surface area (Å²) in [5.74, 6) is 0.699. The number of oxazole rings is 1. The van der Waals surface area contributed by atoms with Crippen LogP contribution >= 0.6 is 0 Å². The molecule has 18 heavy (non-hydrogen) atoms. The van der Waals surface area contributed by atoms with Crippen LogP contribution in [0.5, 0.6) is 0 Å². The van der Waals surface area contributed by atoms with Crippen LogP contribution in [-0.4, -0.2) is 41.1 Å². The molecule has 0 saturated heterocycles. The standard InChI is InChI=1S/C11H14N4O3/c1-6(11(16)17-4)15(3)9-8-10(13-5-12-9)18-7(2)14-8/h5-6H,1-4H3/t6-/m0/s1. The van der Waals surface area contributed by atoms with Gasteiger partial charge in [-0.1, -0.05) is 0 Å². The molecule has 2 heterocycles. The number of carbonyl (C=O) groups is 1. The number of nitrogens with zero attached hydrogens (tertiary/aromatic N) is 4. The molecule has 0 aromatic carbocycles. The predicted molar refractivity (Wildman–Crippen MR) is 64.2 cm³/mol. The number of methoxy groups -OCH3 is 1. The second-order valence-electron chi connectivity index (χ2n) is 3.89. The van der Waals surface area contributed by atoms with E-state index < -0.39 is 6.04 Å². The first-order chi connectivity index (χ1) is 8.54. The predicted octanol–water partition coefficient (Wildman–Crippen LogP) is 0.924. The van der Waals surface area contributed by atoms with E-state index in [0.29, 0.717) is 22.9 Å². The number of fused-ring (bicyclic) bond motifs is 1. The number of carbonyl (C=O) groups excluding carboxylic acids is 1. The van der Waals surface area contributed by atoms with Crippen molar-refractivity contribution in [1.29, 1.82) is 0 Å². The molecule has 0 aliphatic heterocycles. The van der Waals surface area contributed by atoms with Crippen molar-refractivity contribution in [3.8, 4) is 0 Å². The van der Waals surface area contributed by atoms with Gasteiger partial charge in [-0.25, -0.2) is 14.8 Å². The number of aryl methyl sites for hydroxylation is 1. The molecule has 0 fully saturated rings. The maximum Gasteiger partial charge on any atom is 0.328 e. The van der Waals surface area contributed by atoms with Gasteiger partial charge in [0.1, 0.15) is 12.4 Å². The summed E-state index contributed by atoms with van der Waals surface area (Å²) in [6.45, 7) is 3.46. The van der Waals surface area contributed by atoms with Crippen molar-refractivity contribution < 1.29 is 13.9 Å². The van der Waals surface area contributed by atoms with Gasteiger partial charge in [-0.15, -0.1) is 0 Å². The average molecular weight is 250 g/mol. The monoisotopic (exact) mass is 250 g/mol. The highest BCUT2D eigenvalue weighted by molar-refractivity contribution is 5.86. The lowest BCUT2D eigenvalue weighted by Crippen LogP contribution is -2.37. The third kappa shape index (κ3) is 1.99. The van der Waals surface area contributed by atoms with Crippen molar-refractivity contribution in [1.82, 2.24) is 15.0 Å². The minimum atomic E-state index is -0.467. The van der Waals surface area contributed by atoms with Gasteiger partial charge in [0, 0.05) is 14.0 Å². The molecule has 0 bridgehead atoms. The van der Waals surface area contributed by atoms with Crippen LogP contribution in [0.25, 0.3) is 11.2 Å². The average Bonchev–Trinajstić information content (AvgIpc) is 2.75. The molecule has 0 saturated carbocycles. The van der Waals surface area contributed by atoms with E-state index in [2.05, 4.69) is 15.0 Å². The number of anilines is 1. The lowest BCUT2D eigenvalue weighted by atomic mass is 10.3. The molecule has 7 heteroatoms. The van der Waals surface area contributed by atoms with Crippen molar-refractivity contribution in [2.45, 2.75) is 19.9 Å². The van der Waals surface area contributed by atoms with Gasteiger partial charge in [0.2, 0.25) is 0 Å². The summed E-state index contributed by atoms with van der Waals surface area (Å²) in [4.78, 5) is 25.5. The Kier molecular flexibility index (Phi) is 3.14. The number of esters is 1. The highest BCUT2D eigenvalue weighted by atomic mass is 16.5. The van der Waals surface area contributed by atoms with Gasteiger partial charge < -0.3 is 14.1 Å².